The van der Waals surface area contributed by atoms with Gasteiger partial charge in [0.15, 0.2) is 6.10 Å². The molecule has 0 saturated carbocycles. The van der Waals surface area contributed by atoms with Crippen molar-refractivity contribution in [3.05, 3.63) is 53.0 Å². The number of halogens is 1. The zero-order valence-electron chi connectivity index (χ0n) is 11.8. The van der Waals surface area contributed by atoms with Crippen LogP contribution in [0.15, 0.2) is 53.0 Å². The number of carbonyl (C=O) groups excluding carboxylic acids is 1. The minimum Gasteiger partial charge on any atom is -0.497 e. The van der Waals surface area contributed by atoms with Gasteiger partial charge in [0.2, 0.25) is 0 Å². The molecule has 110 valence electrons. The standard InChI is InChI=1S/C16H16BrNO3/c1-11(21-15-9-7-14(20-2)8-10-15)16(19)18-13-5-3-12(17)4-6-13/h3-11H,1-2H3,(H,18,19)/t11-/m1/s1. The second-order valence-electron chi connectivity index (χ2n) is 4.43. The van der Waals surface area contributed by atoms with Gasteiger partial charge in [-0.25, -0.2) is 0 Å². The van der Waals surface area contributed by atoms with Crippen LogP contribution in [-0.4, -0.2) is 19.1 Å². The highest BCUT2D eigenvalue weighted by Crippen LogP contribution is 2.19. The second-order valence-corrected chi connectivity index (χ2v) is 5.35. The van der Waals surface area contributed by atoms with Gasteiger partial charge >= 0.3 is 0 Å². The highest BCUT2D eigenvalue weighted by molar-refractivity contribution is 9.10. The molecule has 2 aromatic rings. The molecule has 2 aromatic carbocycles. The highest BCUT2D eigenvalue weighted by Gasteiger charge is 2.14. The summed E-state index contributed by atoms with van der Waals surface area (Å²) in [4.78, 5) is 12.1. The summed E-state index contributed by atoms with van der Waals surface area (Å²) in [6.07, 6.45) is -0.595. The molecule has 0 aromatic heterocycles. The van der Waals surface area contributed by atoms with Crippen molar-refractivity contribution < 1.29 is 14.3 Å². The fraction of sp³-hybridized carbons (Fsp3) is 0.188. The maximum absolute atomic E-state index is 12.1. The predicted octanol–water partition coefficient (Wildman–Crippen LogP) is 3.86. The van der Waals surface area contributed by atoms with Crippen LogP contribution < -0.4 is 14.8 Å². The van der Waals surface area contributed by atoms with E-state index in [4.69, 9.17) is 9.47 Å². The van der Waals surface area contributed by atoms with E-state index in [2.05, 4.69) is 21.2 Å². The summed E-state index contributed by atoms with van der Waals surface area (Å²) < 4.78 is 11.6. The third kappa shape index (κ3) is 4.49. The summed E-state index contributed by atoms with van der Waals surface area (Å²) in [5.74, 6) is 1.16. The highest BCUT2D eigenvalue weighted by atomic mass is 79.9. The van der Waals surface area contributed by atoms with Crippen molar-refractivity contribution in [3.63, 3.8) is 0 Å². The van der Waals surface area contributed by atoms with Crippen LogP contribution in [-0.2, 0) is 4.79 Å². The minimum absolute atomic E-state index is 0.201. The van der Waals surface area contributed by atoms with Gasteiger partial charge in [0, 0.05) is 10.2 Å². The summed E-state index contributed by atoms with van der Waals surface area (Å²) in [6.45, 7) is 1.71. The zero-order chi connectivity index (χ0) is 15.2. The van der Waals surface area contributed by atoms with Crippen molar-refractivity contribution in [3.8, 4) is 11.5 Å². The number of methoxy groups -OCH3 is 1. The van der Waals surface area contributed by atoms with Gasteiger partial charge in [-0.2, -0.15) is 0 Å². The number of anilines is 1. The summed E-state index contributed by atoms with van der Waals surface area (Å²) in [5, 5.41) is 2.80. The first-order valence-corrected chi connectivity index (χ1v) is 7.25. The van der Waals surface area contributed by atoms with Crippen molar-refractivity contribution >= 4 is 27.5 Å². The molecule has 0 saturated heterocycles. The molecule has 0 aliphatic rings. The van der Waals surface area contributed by atoms with Crippen LogP contribution >= 0.6 is 15.9 Å². The molecule has 0 unspecified atom stereocenters. The van der Waals surface area contributed by atoms with Gasteiger partial charge in [0.1, 0.15) is 11.5 Å². The van der Waals surface area contributed by atoms with Crippen molar-refractivity contribution in [1.29, 1.82) is 0 Å². The number of rotatable bonds is 5. The number of benzene rings is 2. The molecule has 0 aliphatic heterocycles. The fourth-order valence-corrected chi connectivity index (χ4v) is 1.95. The Bertz CT molecular complexity index is 596. The van der Waals surface area contributed by atoms with E-state index in [1.54, 1.807) is 38.3 Å². The lowest BCUT2D eigenvalue weighted by molar-refractivity contribution is -0.122. The molecule has 0 spiro atoms. The Morgan fingerprint density at radius 1 is 1.05 bits per heavy atom. The molecular weight excluding hydrogens is 334 g/mol. The molecule has 5 heteroatoms. The van der Waals surface area contributed by atoms with E-state index < -0.39 is 6.10 Å². The number of nitrogens with one attached hydrogen (secondary N) is 1. The number of ether oxygens (including phenoxy) is 2. The Labute approximate surface area is 132 Å². The van der Waals surface area contributed by atoms with Gasteiger partial charge in [0.05, 0.1) is 7.11 Å². The molecule has 0 bridgehead atoms. The van der Waals surface area contributed by atoms with Crippen LogP contribution in [0.1, 0.15) is 6.92 Å². The number of hydrogen-bond donors (Lipinski definition) is 1. The summed E-state index contributed by atoms with van der Waals surface area (Å²) in [6, 6.07) is 14.5. The Balaban J connectivity index is 1.93. The van der Waals surface area contributed by atoms with E-state index >= 15 is 0 Å². The van der Waals surface area contributed by atoms with Crippen molar-refractivity contribution in [1.82, 2.24) is 0 Å². The van der Waals surface area contributed by atoms with Gasteiger partial charge in [-0.1, -0.05) is 15.9 Å². The normalized spacial score (nSPS) is 11.6. The lowest BCUT2D eigenvalue weighted by Crippen LogP contribution is -2.30. The Morgan fingerprint density at radius 2 is 1.62 bits per heavy atom. The van der Waals surface area contributed by atoms with Crippen molar-refractivity contribution in [2.24, 2.45) is 0 Å². The van der Waals surface area contributed by atoms with Crippen LogP contribution in [0.4, 0.5) is 5.69 Å². The van der Waals surface area contributed by atoms with E-state index in [0.29, 0.717) is 5.75 Å². The third-order valence-corrected chi connectivity index (χ3v) is 3.38. The third-order valence-electron chi connectivity index (χ3n) is 2.85. The summed E-state index contributed by atoms with van der Waals surface area (Å²) in [7, 11) is 1.60. The smallest absolute Gasteiger partial charge is 0.265 e. The van der Waals surface area contributed by atoms with E-state index in [9.17, 15) is 4.79 Å². The lowest BCUT2D eigenvalue weighted by Gasteiger charge is -2.15. The number of carbonyl (C=O) groups is 1. The van der Waals surface area contributed by atoms with Crippen molar-refractivity contribution in [2.75, 3.05) is 12.4 Å². The van der Waals surface area contributed by atoms with Crippen LogP contribution in [0.2, 0.25) is 0 Å². The van der Waals surface area contributed by atoms with E-state index in [1.807, 2.05) is 24.3 Å². The fourth-order valence-electron chi connectivity index (χ4n) is 1.69. The maximum Gasteiger partial charge on any atom is 0.265 e. The largest absolute Gasteiger partial charge is 0.497 e. The molecule has 2 rings (SSSR count). The molecule has 4 nitrogen and oxygen atoms in total. The molecular formula is C16H16BrNO3. The quantitative estimate of drug-likeness (QED) is 0.891. The summed E-state index contributed by atoms with van der Waals surface area (Å²) >= 11 is 3.35. The SMILES string of the molecule is COc1ccc(O[C@H](C)C(=O)Nc2ccc(Br)cc2)cc1. The van der Waals surface area contributed by atoms with Crippen molar-refractivity contribution in [2.45, 2.75) is 13.0 Å². The summed E-state index contributed by atoms with van der Waals surface area (Å²) in [5.41, 5.74) is 0.730. The molecule has 0 fully saturated rings. The average Bonchev–Trinajstić information content (AvgIpc) is 2.50. The first kappa shape index (κ1) is 15.4. The second kappa shape index (κ2) is 7.13. The average molecular weight is 350 g/mol. The first-order chi connectivity index (χ1) is 10.1. The Morgan fingerprint density at radius 3 is 2.19 bits per heavy atom. The van der Waals surface area contributed by atoms with E-state index in [1.165, 1.54) is 0 Å². The monoisotopic (exact) mass is 349 g/mol. The predicted molar refractivity (Wildman–Crippen MR) is 85.9 cm³/mol. The van der Waals surface area contributed by atoms with E-state index in [0.717, 1.165) is 15.9 Å². The van der Waals surface area contributed by atoms with Crippen LogP contribution in [0.3, 0.4) is 0 Å². The van der Waals surface area contributed by atoms with Gasteiger partial charge in [0.25, 0.3) is 5.91 Å². The van der Waals surface area contributed by atoms with Gasteiger partial charge in [-0.3, -0.25) is 4.79 Å². The Kier molecular flexibility index (Phi) is 5.22. The minimum atomic E-state index is -0.595. The van der Waals surface area contributed by atoms with Crippen LogP contribution in [0, 0.1) is 0 Å². The number of amides is 1. The number of hydrogen-bond acceptors (Lipinski definition) is 3. The zero-order valence-corrected chi connectivity index (χ0v) is 13.4. The molecule has 0 radical (unpaired) electrons. The molecule has 0 aliphatic carbocycles. The topological polar surface area (TPSA) is 47.6 Å². The molecule has 1 amide bonds. The maximum atomic E-state index is 12.1. The molecule has 0 heterocycles. The van der Waals surface area contributed by atoms with E-state index in [-0.39, 0.29) is 5.91 Å². The van der Waals surface area contributed by atoms with Gasteiger partial charge in [-0.05, 0) is 55.5 Å². The molecule has 1 atom stereocenters. The van der Waals surface area contributed by atoms with Gasteiger partial charge in [-0.15, -0.1) is 0 Å². The molecule has 1 N–H and O–H groups in total. The van der Waals surface area contributed by atoms with Crippen LogP contribution in [0.25, 0.3) is 0 Å². The Hall–Kier alpha value is -2.01. The first-order valence-electron chi connectivity index (χ1n) is 6.45. The van der Waals surface area contributed by atoms with Crippen LogP contribution in [0.5, 0.6) is 11.5 Å². The lowest BCUT2D eigenvalue weighted by atomic mass is 10.3. The molecule has 21 heavy (non-hydrogen) atoms. The van der Waals surface area contributed by atoms with Gasteiger partial charge < -0.3 is 14.8 Å².